The Morgan fingerprint density at radius 3 is 2.88 bits per heavy atom. The SMILES string of the molecule is CC(CN)N(C)Cc1c[nH]c2ccccc12. The van der Waals surface area contributed by atoms with Crippen LogP contribution in [0.1, 0.15) is 12.5 Å². The molecule has 3 nitrogen and oxygen atoms in total. The van der Waals surface area contributed by atoms with Gasteiger partial charge in [0.05, 0.1) is 0 Å². The normalized spacial score (nSPS) is 13.5. The van der Waals surface area contributed by atoms with Crippen molar-refractivity contribution in [2.75, 3.05) is 13.6 Å². The largest absolute Gasteiger partial charge is 0.361 e. The van der Waals surface area contributed by atoms with Crippen LogP contribution in [0.4, 0.5) is 0 Å². The molecule has 1 aromatic carbocycles. The van der Waals surface area contributed by atoms with Crippen LogP contribution in [0.2, 0.25) is 0 Å². The van der Waals surface area contributed by atoms with Gasteiger partial charge in [0.25, 0.3) is 0 Å². The number of likely N-dealkylation sites (N-methyl/N-ethyl adjacent to an activating group) is 1. The second-order valence-corrected chi connectivity index (χ2v) is 4.36. The molecule has 3 heteroatoms. The van der Waals surface area contributed by atoms with Crippen molar-refractivity contribution in [3.05, 3.63) is 36.0 Å². The van der Waals surface area contributed by atoms with Gasteiger partial charge < -0.3 is 10.7 Å². The van der Waals surface area contributed by atoms with Gasteiger partial charge in [0, 0.05) is 36.2 Å². The number of nitrogens with two attached hydrogens (primary N) is 1. The molecule has 0 saturated heterocycles. The Labute approximate surface area is 96.2 Å². The quantitative estimate of drug-likeness (QED) is 0.822. The molecule has 0 spiro atoms. The van der Waals surface area contributed by atoms with Crippen LogP contribution in [-0.2, 0) is 6.54 Å². The summed E-state index contributed by atoms with van der Waals surface area (Å²) in [6.45, 7) is 3.77. The number of aromatic nitrogens is 1. The number of rotatable bonds is 4. The molecule has 0 aliphatic carbocycles. The molecule has 16 heavy (non-hydrogen) atoms. The highest BCUT2D eigenvalue weighted by atomic mass is 15.1. The van der Waals surface area contributed by atoms with E-state index in [4.69, 9.17) is 5.73 Å². The molecule has 0 bridgehead atoms. The maximum atomic E-state index is 5.67. The summed E-state index contributed by atoms with van der Waals surface area (Å²) in [5.74, 6) is 0. The van der Waals surface area contributed by atoms with Crippen LogP contribution < -0.4 is 5.73 Å². The lowest BCUT2D eigenvalue weighted by Gasteiger charge is -2.22. The first-order chi connectivity index (χ1) is 7.72. The van der Waals surface area contributed by atoms with Crippen molar-refractivity contribution in [2.45, 2.75) is 19.5 Å². The molecule has 2 aromatic rings. The zero-order chi connectivity index (χ0) is 11.5. The molecule has 0 fully saturated rings. The summed E-state index contributed by atoms with van der Waals surface area (Å²) in [7, 11) is 2.11. The number of benzene rings is 1. The van der Waals surface area contributed by atoms with Gasteiger partial charge in [-0.3, -0.25) is 4.90 Å². The molecule has 0 amide bonds. The molecule has 1 atom stereocenters. The van der Waals surface area contributed by atoms with Crippen molar-refractivity contribution in [1.29, 1.82) is 0 Å². The van der Waals surface area contributed by atoms with Gasteiger partial charge in [0.15, 0.2) is 0 Å². The third kappa shape index (κ3) is 2.10. The molecular weight excluding hydrogens is 198 g/mol. The van der Waals surface area contributed by atoms with E-state index in [1.54, 1.807) is 0 Å². The summed E-state index contributed by atoms with van der Waals surface area (Å²) in [6.07, 6.45) is 2.09. The van der Waals surface area contributed by atoms with Crippen molar-refractivity contribution in [3.8, 4) is 0 Å². The zero-order valence-corrected chi connectivity index (χ0v) is 9.90. The second kappa shape index (κ2) is 4.68. The molecule has 0 radical (unpaired) electrons. The average Bonchev–Trinajstić information content (AvgIpc) is 2.72. The van der Waals surface area contributed by atoms with Gasteiger partial charge >= 0.3 is 0 Å². The number of nitrogens with one attached hydrogen (secondary N) is 1. The van der Waals surface area contributed by atoms with E-state index >= 15 is 0 Å². The maximum absolute atomic E-state index is 5.67. The maximum Gasteiger partial charge on any atom is 0.0457 e. The number of para-hydroxylation sites is 1. The van der Waals surface area contributed by atoms with Crippen LogP contribution in [0, 0.1) is 0 Å². The van der Waals surface area contributed by atoms with Crippen molar-refractivity contribution in [2.24, 2.45) is 5.73 Å². The third-order valence-electron chi connectivity index (χ3n) is 3.19. The third-order valence-corrected chi connectivity index (χ3v) is 3.19. The van der Waals surface area contributed by atoms with E-state index in [1.807, 2.05) is 0 Å². The fourth-order valence-corrected chi connectivity index (χ4v) is 1.87. The summed E-state index contributed by atoms with van der Waals surface area (Å²) < 4.78 is 0. The van der Waals surface area contributed by atoms with Gasteiger partial charge in [-0.05, 0) is 25.6 Å². The van der Waals surface area contributed by atoms with Gasteiger partial charge in [0.2, 0.25) is 0 Å². The standard InChI is InChI=1S/C13H19N3/c1-10(7-14)16(2)9-11-8-15-13-6-4-3-5-12(11)13/h3-6,8,10,15H,7,9,14H2,1-2H3. The first-order valence-corrected chi connectivity index (χ1v) is 5.67. The van der Waals surface area contributed by atoms with E-state index in [1.165, 1.54) is 16.5 Å². The molecule has 0 saturated carbocycles. The van der Waals surface area contributed by atoms with Gasteiger partial charge in [0.1, 0.15) is 0 Å². The Kier molecular flexibility index (Phi) is 3.27. The molecule has 0 aliphatic rings. The number of fused-ring (bicyclic) bond motifs is 1. The smallest absolute Gasteiger partial charge is 0.0457 e. The van der Waals surface area contributed by atoms with E-state index in [0.29, 0.717) is 12.6 Å². The Bertz CT molecular complexity index is 461. The van der Waals surface area contributed by atoms with Crippen LogP contribution in [0.3, 0.4) is 0 Å². The molecule has 1 unspecified atom stereocenters. The lowest BCUT2D eigenvalue weighted by atomic mass is 10.1. The average molecular weight is 217 g/mol. The summed E-state index contributed by atoms with van der Waals surface area (Å²) in [4.78, 5) is 5.57. The Morgan fingerprint density at radius 1 is 1.38 bits per heavy atom. The number of aromatic amines is 1. The molecule has 86 valence electrons. The van der Waals surface area contributed by atoms with Crippen LogP contribution in [0.15, 0.2) is 30.5 Å². The van der Waals surface area contributed by atoms with E-state index in [9.17, 15) is 0 Å². The topological polar surface area (TPSA) is 45.0 Å². The molecule has 1 aromatic heterocycles. The van der Waals surface area contributed by atoms with E-state index < -0.39 is 0 Å². The highest BCUT2D eigenvalue weighted by molar-refractivity contribution is 5.82. The minimum absolute atomic E-state index is 0.411. The van der Waals surface area contributed by atoms with E-state index in [-0.39, 0.29) is 0 Å². The van der Waals surface area contributed by atoms with Gasteiger partial charge in [-0.15, -0.1) is 0 Å². The lowest BCUT2D eigenvalue weighted by molar-refractivity contribution is 0.255. The molecule has 3 N–H and O–H groups in total. The van der Waals surface area contributed by atoms with Gasteiger partial charge in [-0.25, -0.2) is 0 Å². The minimum Gasteiger partial charge on any atom is -0.361 e. The molecule has 1 heterocycles. The van der Waals surface area contributed by atoms with Crippen molar-refractivity contribution >= 4 is 10.9 Å². The lowest BCUT2D eigenvalue weighted by Crippen LogP contribution is -2.34. The number of hydrogen-bond donors (Lipinski definition) is 2. The molecular formula is C13H19N3. The Morgan fingerprint density at radius 2 is 2.12 bits per heavy atom. The van der Waals surface area contributed by atoms with Crippen molar-refractivity contribution in [3.63, 3.8) is 0 Å². The number of nitrogens with zero attached hydrogens (tertiary/aromatic N) is 1. The van der Waals surface area contributed by atoms with Crippen molar-refractivity contribution in [1.82, 2.24) is 9.88 Å². The predicted molar refractivity (Wildman–Crippen MR) is 68.3 cm³/mol. The van der Waals surface area contributed by atoms with Crippen molar-refractivity contribution < 1.29 is 0 Å². The van der Waals surface area contributed by atoms with Gasteiger partial charge in [-0.1, -0.05) is 18.2 Å². The monoisotopic (exact) mass is 217 g/mol. The van der Waals surface area contributed by atoms with Gasteiger partial charge in [-0.2, -0.15) is 0 Å². The fourth-order valence-electron chi connectivity index (χ4n) is 1.87. The highest BCUT2D eigenvalue weighted by Crippen LogP contribution is 2.19. The summed E-state index contributed by atoms with van der Waals surface area (Å²) >= 11 is 0. The second-order valence-electron chi connectivity index (χ2n) is 4.36. The first kappa shape index (κ1) is 11.2. The number of hydrogen-bond acceptors (Lipinski definition) is 2. The van der Waals surface area contributed by atoms with Crippen LogP contribution in [0.5, 0.6) is 0 Å². The van der Waals surface area contributed by atoms with E-state index in [0.717, 1.165) is 6.54 Å². The highest BCUT2D eigenvalue weighted by Gasteiger charge is 2.10. The van der Waals surface area contributed by atoms with Crippen LogP contribution >= 0.6 is 0 Å². The first-order valence-electron chi connectivity index (χ1n) is 5.67. The summed E-state index contributed by atoms with van der Waals surface area (Å²) in [5.41, 5.74) is 8.20. The van der Waals surface area contributed by atoms with Crippen LogP contribution in [-0.4, -0.2) is 29.5 Å². The molecule has 2 rings (SSSR count). The van der Waals surface area contributed by atoms with E-state index in [2.05, 4.69) is 54.3 Å². The summed E-state index contributed by atoms with van der Waals surface area (Å²) in [6, 6.07) is 8.79. The van der Waals surface area contributed by atoms with Crippen LogP contribution in [0.25, 0.3) is 10.9 Å². The zero-order valence-electron chi connectivity index (χ0n) is 9.90. The Hall–Kier alpha value is -1.32. The summed E-state index contributed by atoms with van der Waals surface area (Å²) in [5, 5.41) is 1.30. The molecule has 0 aliphatic heterocycles. The fraction of sp³-hybridized carbons (Fsp3) is 0.385. The Balaban J connectivity index is 2.21. The number of H-pyrrole nitrogens is 1. The predicted octanol–water partition coefficient (Wildman–Crippen LogP) is 1.95. The minimum atomic E-state index is 0.411.